The zero-order chi connectivity index (χ0) is 15.0. The molecule has 114 valence electrons. The van der Waals surface area contributed by atoms with Crippen molar-refractivity contribution in [1.82, 2.24) is 10.2 Å². The molecule has 2 N–H and O–H groups in total. The SMILES string of the molecule is CN(CC1CCCCO1)C(=O)NC(=O)COCC(=O)O. The molecule has 0 aromatic carbocycles. The van der Waals surface area contributed by atoms with E-state index in [1.165, 1.54) is 4.90 Å². The number of likely N-dealkylation sites (N-methyl/N-ethyl adjacent to an activating group) is 1. The number of urea groups is 1. The standard InChI is InChI=1S/C12H20N2O6/c1-14(6-9-4-2-3-5-20-9)12(18)13-10(15)7-19-8-11(16)17/h9H,2-8H2,1H3,(H,16,17)(H,13,15,18). The van der Waals surface area contributed by atoms with E-state index in [4.69, 9.17) is 9.84 Å². The molecule has 8 nitrogen and oxygen atoms in total. The minimum atomic E-state index is -1.17. The van der Waals surface area contributed by atoms with Gasteiger partial charge < -0.3 is 19.5 Å². The number of nitrogens with zero attached hydrogens (tertiary/aromatic N) is 1. The smallest absolute Gasteiger partial charge is 0.329 e. The fourth-order valence-electron chi connectivity index (χ4n) is 1.82. The van der Waals surface area contributed by atoms with Gasteiger partial charge in [-0.2, -0.15) is 0 Å². The number of rotatable bonds is 6. The zero-order valence-electron chi connectivity index (χ0n) is 11.5. The molecule has 0 spiro atoms. The van der Waals surface area contributed by atoms with E-state index in [1.807, 2.05) is 0 Å². The highest BCUT2D eigenvalue weighted by Gasteiger charge is 2.20. The molecule has 1 saturated heterocycles. The van der Waals surface area contributed by atoms with Crippen molar-refractivity contribution in [2.45, 2.75) is 25.4 Å². The van der Waals surface area contributed by atoms with E-state index in [2.05, 4.69) is 10.1 Å². The number of amides is 3. The molecule has 1 unspecified atom stereocenters. The molecule has 1 rings (SSSR count). The molecule has 0 aromatic heterocycles. The third-order valence-corrected chi connectivity index (χ3v) is 2.80. The molecule has 0 saturated carbocycles. The number of hydrogen-bond donors (Lipinski definition) is 2. The molecule has 1 aliphatic heterocycles. The largest absolute Gasteiger partial charge is 0.480 e. The van der Waals surface area contributed by atoms with Crippen molar-refractivity contribution >= 4 is 17.9 Å². The number of ether oxygens (including phenoxy) is 2. The van der Waals surface area contributed by atoms with Gasteiger partial charge in [-0.25, -0.2) is 9.59 Å². The maximum absolute atomic E-state index is 11.7. The van der Waals surface area contributed by atoms with Crippen LogP contribution in [0.25, 0.3) is 0 Å². The van der Waals surface area contributed by atoms with Crippen LogP contribution in [0.15, 0.2) is 0 Å². The summed E-state index contributed by atoms with van der Waals surface area (Å²) in [5.74, 6) is -1.84. The Labute approximate surface area is 117 Å². The summed E-state index contributed by atoms with van der Waals surface area (Å²) < 4.78 is 10.1. The van der Waals surface area contributed by atoms with Crippen molar-refractivity contribution in [3.63, 3.8) is 0 Å². The number of nitrogens with one attached hydrogen (secondary N) is 1. The van der Waals surface area contributed by atoms with Crippen molar-refractivity contribution < 1.29 is 29.0 Å². The molecule has 1 atom stereocenters. The van der Waals surface area contributed by atoms with Crippen LogP contribution in [0.5, 0.6) is 0 Å². The van der Waals surface area contributed by atoms with Crippen LogP contribution in [-0.4, -0.2) is 67.4 Å². The van der Waals surface area contributed by atoms with Gasteiger partial charge in [0.25, 0.3) is 5.91 Å². The number of carbonyl (C=O) groups excluding carboxylic acids is 2. The third kappa shape index (κ3) is 6.48. The summed E-state index contributed by atoms with van der Waals surface area (Å²) in [4.78, 5) is 34.6. The predicted molar refractivity (Wildman–Crippen MR) is 68.2 cm³/mol. The third-order valence-electron chi connectivity index (χ3n) is 2.80. The lowest BCUT2D eigenvalue weighted by Crippen LogP contribution is -2.45. The highest BCUT2D eigenvalue weighted by molar-refractivity contribution is 5.94. The van der Waals surface area contributed by atoms with Crippen molar-refractivity contribution in [3.05, 3.63) is 0 Å². The Hall–Kier alpha value is -1.67. The summed E-state index contributed by atoms with van der Waals surface area (Å²) in [6.45, 7) is 0.0658. The van der Waals surface area contributed by atoms with Crippen LogP contribution in [-0.2, 0) is 19.1 Å². The van der Waals surface area contributed by atoms with Gasteiger partial charge in [-0.1, -0.05) is 0 Å². The topological polar surface area (TPSA) is 105 Å². The molecule has 8 heteroatoms. The van der Waals surface area contributed by atoms with E-state index in [0.29, 0.717) is 13.2 Å². The second-order valence-electron chi connectivity index (χ2n) is 4.61. The Morgan fingerprint density at radius 1 is 1.35 bits per heavy atom. The number of carboxylic acid groups (broad SMARTS) is 1. The second-order valence-corrected chi connectivity index (χ2v) is 4.61. The quantitative estimate of drug-likeness (QED) is 0.702. The van der Waals surface area contributed by atoms with Gasteiger partial charge in [-0.05, 0) is 19.3 Å². The molecule has 1 fully saturated rings. The minimum absolute atomic E-state index is 0.00198. The summed E-state index contributed by atoms with van der Waals surface area (Å²) in [6, 6.07) is -0.553. The molecule has 0 aliphatic carbocycles. The molecule has 0 bridgehead atoms. The number of aliphatic carboxylic acids is 1. The zero-order valence-corrected chi connectivity index (χ0v) is 11.5. The Bertz CT molecular complexity index is 354. The molecule has 1 heterocycles. The van der Waals surface area contributed by atoms with Gasteiger partial charge in [0.15, 0.2) is 0 Å². The van der Waals surface area contributed by atoms with Crippen LogP contribution in [0.4, 0.5) is 4.79 Å². The van der Waals surface area contributed by atoms with Gasteiger partial charge in [0, 0.05) is 20.2 Å². The highest BCUT2D eigenvalue weighted by atomic mass is 16.5. The first-order valence-corrected chi connectivity index (χ1v) is 6.45. The van der Waals surface area contributed by atoms with Crippen molar-refractivity contribution in [2.75, 3.05) is 33.4 Å². The van der Waals surface area contributed by atoms with Gasteiger partial charge >= 0.3 is 12.0 Å². The first-order valence-electron chi connectivity index (χ1n) is 6.45. The number of carbonyl (C=O) groups is 3. The van der Waals surface area contributed by atoms with Crippen molar-refractivity contribution in [3.8, 4) is 0 Å². The molecular weight excluding hydrogens is 268 g/mol. The van der Waals surface area contributed by atoms with Crippen LogP contribution < -0.4 is 5.32 Å². The van der Waals surface area contributed by atoms with Gasteiger partial charge in [-0.15, -0.1) is 0 Å². The van der Waals surface area contributed by atoms with Gasteiger partial charge in [0.2, 0.25) is 0 Å². The Morgan fingerprint density at radius 3 is 2.70 bits per heavy atom. The minimum Gasteiger partial charge on any atom is -0.480 e. The molecular formula is C12H20N2O6. The van der Waals surface area contributed by atoms with E-state index < -0.39 is 31.1 Å². The number of imide groups is 1. The summed E-state index contributed by atoms with van der Waals surface area (Å²) in [5, 5.41) is 10.5. The van der Waals surface area contributed by atoms with E-state index in [0.717, 1.165) is 19.3 Å². The van der Waals surface area contributed by atoms with E-state index in [1.54, 1.807) is 7.05 Å². The summed E-state index contributed by atoms with van der Waals surface area (Å²) >= 11 is 0. The Kier molecular flexibility index (Phi) is 6.96. The fourth-order valence-corrected chi connectivity index (χ4v) is 1.82. The van der Waals surface area contributed by atoms with E-state index in [9.17, 15) is 14.4 Å². The van der Waals surface area contributed by atoms with Gasteiger partial charge in [-0.3, -0.25) is 10.1 Å². The first kappa shape index (κ1) is 16.4. The molecule has 0 radical (unpaired) electrons. The van der Waals surface area contributed by atoms with Crippen LogP contribution in [0, 0.1) is 0 Å². The van der Waals surface area contributed by atoms with Gasteiger partial charge in [0.05, 0.1) is 6.10 Å². The maximum Gasteiger partial charge on any atom is 0.329 e. The number of hydrogen-bond acceptors (Lipinski definition) is 5. The normalized spacial score (nSPS) is 18.4. The van der Waals surface area contributed by atoms with E-state index in [-0.39, 0.29) is 6.10 Å². The fraction of sp³-hybridized carbons (Fsp3) is 0.750. The second kappa shape index (κ2) is 8.49. The van der Waals surface area contributed by atoms with E-state index >= 15 is 0 Å². The summed E-state index contributed by atoms with van der Waals surface area (Å²) in [7, 11) is 1.57. The lowest BCUT2D eigenvalue weighted by molar-refractivity contribution is -0.143. The average molecular weight is 288 g/mol. The summed E-state index contributed by atoms with van der Waals surface area (Å²) in [5.41, 5.74) is 0. The van der Waals surface area contributed by atoms with Gasteiger partial charge in [0.1, 0.15) is 13.2 Å². The lowest BCUT2D eigenvalue weighted by atomic mass is 10.1. The van der Waals surface area contributed by atoms with Crippen molar-refractivity contribution in [1.29, 1.82) is 0 Å². The lowest BCUT2D eigenvalue weighted by Gasteiger charge is -2.27. The summed E-state index contributed by atoms with van der Waals surface area (Å²) in [6.07, 6.45) is 3.00. The molecule has 0 aromatic rings. The van der Waals surface area contributed by atoms with Crippen LogP contribution >= 0.6 is 0 Å². The first-order chi connectivity index (χ1) is 9.49. The van der Waals surface area contributed by atoms with Crippen LogP contribution in [0.1, 0.15) is 19.3 Å². The highest BCUT2D eigenvalue weighted by Crippen LogP contribution is 2.13. The molecule has 1 aliphatic rings. The monoisotopic (exact) mass is 288 g/mol. The Morgan fingerprint density at radius 2 is 2.10 bits per heavy atom. The molecule has 3 amide bonds. The van der Waals surface area contributed by atoms with Crippen LogP contribution in [0.2, 0.25) is 0 Å². The van der Waals surface area contributed by atoms with Crippen molar-refractivity contribution in [2.24, 2.45) is 0 Å². The predicted octanol–water partition coefficient (Wildman–Crippen LogP) is -0.175. The average Bonchev–Trinajstić information content (AvgIpc) is 2.39. The molecule has 20 heavy (non-hydrogen) atoms. The maximum atomic E-state index is 11.7. The van der Waals surface area contributed by atoms with Crippen LogP contribution in [0.3, 0.4) is 0 Å². The Balaban J connectivity index is 2.22. The number of carboxylic acids is 1.